The van der Waals surface area contributed by atoms with Gasteiger partial charge in [-0.25, -0.2) is 9.18 Å². The quantitative estimate of drug-likeness (QED) is 0.846. The molecule has 1 aromatic carbocycles. The van der Waals surface area contributed by atoms with Crippen molar-refractivity contribution in [2.75, 3.05) is 6.61 Å². The minimum atomic E-state index is -0.397. The molecule has 0 spiro atoms. The van der Waals surface area contributed by atoms with Crippen molar-refractivity contribution in [3.05, 3.63) is 30.1 Å². The van der Waals surface area contributed by atoms with Gasteiger partial charge in [-0.05, 0) is 37.8 Å². The van der Waals surface area contributed by atoms with Crippen LogP contribution in [0.5, 0.6) is 5.75 Å². The molecular formula is C17H23FN2O3. The van der Waals surface area contributed by atoms with Crippen LogP contribution >= 0.6 is 0 Å². The lowest BCUT2D eigenvalue weighted by atomic mass is 9.96. The average Bonchev–Trinajstić information content (AvgIpc) is 3.15. The molecule has 2 amide bonds. The van der Waals surface area contributed by atoms with E-state index in [1.807, 2.05) is 6.92 Å². The Labute approximate surface area is 135 Å². The van der Waals surface area contributed by atoms with Crippen LogP contribution in [0.25, 0.3) is 0 Å². The smallest absolute Gasteiger partial charge is 0.315 e. The second-order valence-corrected chi connectivity index (χ2v) is 6.18. The van der Waals surface area contributed by atoms with E-state index >= 15 is 0 Å². The summed E-state index contributed by atoms with van der Waals surface area (Å²) in [6.07, 6.45) is 4.16. The minimum absolute atomic E-state index is 0.0961. The van der Waals surface area contributed by atoms with Crippen molar-refractivity contribution in [2.45, 2.75) is 56.9 Å². The maximum Gasteiger partial charge on any atom is 0.315 e. The number of para-hydroxylation sites is 1. The van der Waals surface area contributed by atoms with Crippen LogP contribution in [0.15, 0.2) is 24.3 Å². The fraction of sp³-hybridized carbons (Fsp3) is 0.588. The lowest BCUT2D eigenvalue weighted by Gasteiger charge is -2.23. The van der Waals surface area contributed by atoms with Crippen molar-refractivity contribution in [2.24, 2.45) is 0 Å². The largest absolute Gasteiger partial charge is 0.488 e. The maximum atomic E-state index is 13.5. The molecule has 0 radical (unpaired) electrons. The molecule has 5 nitrogen and oxygen atoms in total. The fourth-order valence-corrected chi connectivity index (χ4v) is 3.20. The molecule has 2 fully saturated rings. The van der Waals surface area contributed by atoms with Crippen LogP contribution in [-0.2, 0) is 4.74 Å². The number of hydrogen-bond acceptors (Lipinski definition) is 3. The molecule has 0 aromatic heterocycles. The highest BCUT2D eigenvalue weighted by Gasteiger charge is 2.41. The van der Waals surface area contributed by atoms with E-state index < -0.39 is 5.82 Å². The van der Waals surface area contributed by atoms with E-state index in [1.54, 1.807) is 18.2 Å². The van der Waals surface area contributed by atoms with Gasteiger partial charge < -0.3 is 20.1 Å². The number of halogens is 1. The van der Waals surface area contributed by atoms with Crippen molar-refractivity contribution >= 4 is 6.03 Å². The Kier molecular flexibility index (Phi) is 5.00. The summed E-state index contributed by atoms with van der Waals surface area (Å²) in [5.74, 6) is -0.194. The number of urea groups is 1. The minimum Gasteiger partial charge on any atom is -0.488 e. The first-order valence-corrected chi connectivity index (χ1v) is 8.25. The molecule has 2 bridgehead atoms. The normalized spacial score (nSPS) is 26.8. The van der Waals surface area contributed by atoms with Crippen LogP contribution in [0.1, 0.15) is 32.6 Å². The zero-order valence-electron chi connectivity index (χ0n) is 13.3. The highest BCUT2D eigenvalue weighted by molar-refractivity contribution is 5.74. The number of fused-ring (bicyclic) bond motifs is 2. The standard InChI is InChI=1S/C17H23FN2O3/c1-2-11(10-22-15-6-4-3-5-13(15)18)19-17(21)20-14-9-12-7-8-16(14)23-12/h3-6,11-12,14,16H,2,7-10H2,1H3,(H2,19,20,21)/t11-,12-,14+,16-/m1/s1. The summed E-state index contributed by atoms with van der Waals surface area (Å²) in [5.41, 5.74) is 0. The van der Waals surface area contributed by atoms with Crippen molar-refractivity contribution < 1.29 is 18.7 Å². The van der Waals surface area contributed by atoms with Crippen molar-refractivity contribution in [1.82, 2.24) is 10.6 Å². The number of nitrogens with one attached hydrogen (secondary N) is 2. The first-order valence-electron chi connectivity index (χ1n) is 8.25. The van der Waals surface area contributed by atoms with Gasteiger partial charge in [0, 0.05) is 0 Å². The fourth-order valence-electron chi connectivity index (χ4n) is 3.20. The first-order chi connectivity index (χ1) is 11.2. The molecular weight excluding hydrogens is 299 g/mol. The molecule has 23 heavy (non-hydrogen) atoms. The summed E-state index contributed by atoms with van der Waals surface area (Å²) in [5, 5.41) is 5.87. The van der Waals surface area contributed by atoms with Gasteiger partial charge in [-0.15, -0.1) is 0 Å². The molecule has 0 unspecified atom stereocenters. The Bertz CT molecular complexity index is 554. The number of rotatable bonds is 6. The lowest BCUT2D eigenvalue weighted by Crippen LogP contribution is -2.50. The SMILES string of the molecule is CC[C@H](COc1ccccc1F)NC(=O)N[C@H]1C[C@H]2CC[C@H]1O2. The third kappa shape index (κ3) is 3.93. The van der Waals surface area contributed by atoms with Crippen LogP contribution in [0.3, 0.4) is 0 Å². The molecule has 2 saturated heterocycles. The van der Waals surface area contributed by atoms with Gasteiger partial charge in [-0.1, -0.05) is 19.1 Å². The average molecular weight is 322 g/mol. The monoisotopic (exact) mass is 322 g/mol. The molecule has 126 valence electrons. The number of hydrogen-bond donors (Lipinski definition) is 2. The van der Waals surface area contributed by atoms with Crippen molar-refractivity contribution in [1.29, 1.82) is 0 Å². The van der Waals surface area contributed by atoms with Gasteiger partial charge in [0.25, 0.3) is 0 Å². The number of ether oxygens (including phenoxy) is 2. The van der Waals surface area contributed by atoms with E-state index in [9.17, 15) is 9.18 Å². The van der Waals surface area contributed by atoms with E-state index in [1.165, 1.54) is 6.07 Å². The molecule has 1 aromatic rings. The van der Waals surface area contributed by atoms with E-state index in [4.69, 9.17) is 9.47 Å². The van der Waals surface area contributed by atoms with Gasteiger partial charge >= 0.3 is 6.03 Å². The zero-order chi connectivity index (χ0) is 16.2. The van der Waals surface area contributed by atoms with Gasteiger partial charge in [0.05, 0.1) is 24.3 Å². The summed E-state index contributed by atoms with van der Waals surface area (Å²) >= 11 is 0. The zero-order valence-corrected chi connectivity index (χ0v) is 13.3. The molecule has 2 heterocycles. The van der Waals surface area contributed by atoms with Gasteiger partial charge in [-0.2, -0.15) is 0 Å². The Morgan fingerprint density at radius 2 is 2.26 bits per heavy atom. The molecule has 4 atom stereocenters. The number of carbonyl (C=O) groups is 1. The first kappa shape index (κ1) is 16.1. The third-order valence-corrected chi connectivity index (χ3v) is 4.53. The second-order valence-electron chi connectivity index (χ2n) is 6.18. The Hall–Kier alpha value is -1.82. The summed E-state index contributed by atoms with van der Waals surface area (Å²) in [7, 11) is 0. The van der Waals surface area contributed by atoms with Gasteiger partial charge in [0.1, 0.15) is 6.61 Å². The van der Waals surface area contributed by atoms with E-state index in [2.05, 4.69) is 10.6 Å². The Morgan fingerprint density at radius 3 is 2.91 bits per heavy atom. The van der Waals surface area contributed by atoms with Crippen LogP contribution in [0.2, 0.25) is 0 Å². The number of amides is 2. The molecule has 3 rings (SSSR count). The highest BCUT2D eigenvalue weighted by Crippen LogP contribution is 2.34. The topological polar surface area (TPSA) is 59.6 Å². The lowest BCUT2D eigenvalue weighted by molar-refractivity contribution is 0.0979. The summed E-state index contributed by atoms with van der Waals surface area (Å²) in [4.78, 5) is 12.1. The predicted octanol–water partition coefficient (Wildman–Crippen LogP) is 2.60. The number of benzene rings is 1. The molecule has 2 aliphatic heterocycles. The summed E-state index contributed by atoms with van der Waals surface area (Å²) < 4.78 is 24.7. The Balaban J connectivity index is 1.45. The van der Waals surface area contributed by atoms with E-state index in [0.717, 1.165) is 19.3 Å². The van der Waals surface area contributed by atoms with E-state index in [-0.39, 0.29) is 36.6 Å². The van der Waals surface area contributed by atoms with E-state index in [0.29, 0.717) is 12.5 Å². The summed E-state index contributed by atoms with van der Waals surface area (Å²) in [6, 6.07) is 5.97. The maximum absolute atomic E-state index is 13.5. The van der Waals surface area contributed by atoms with Crippen LogP contribution in [-0.4, -0.2) is 36.9 Å². The second kappa shape index (κ2) is 7.17. The Morgan fingerprint density at radius 1 is 1.43 bits per heavy atom. The van der Waals surface area contributed by atoms with Crippen LogP contribution < -0.4 is 15.4 Å². The molecule has 2 aliphatic rings. The predicted molar refractivity (Wildman–Crippen MR) is 83.9 cm³/mol. The molecule has 2 N–H and O–H groups in total. The third-order valence-electron chi connectivity index (χ3n) is 4.53. The van der Waals surface area contributed by atoms with Crippen LogP contribution in [0, 0.1) is 5.82 Å². The van der Waals surface area contributed by atoms with Gasteiger partial charge in [0.15, 0.2) is 11.6 Å². The van der Waals surface area contributed by atoms with Crippen molar-refractivity contribution in [3.63, 3.8) is 0 Å². The van der Waals surface area contributed by atoms with Crippen LogP contribution in [0.4, 0.5) is 9.18 Å². The van der Waals surface area contributed by atoms with Crippen molar-refractivity contribution in [3.8, 4) is 5.75 Å². The van der Waals surface area contributed by atoms with Gasteiger partial charge in [-0.3, -0.25) is 0 Å². The molecule has 0 aliphatic carbocycles. The van der Waals surface area contributed by atoms with Gasteiger partial charge in [0.2, 0.25) is 0 Å². The highest BCUT2D eigenvalue weighted by atomic mass is 19.1. The molecule has 6 heteroatoms. The molecule has 0 saturated carbocycles. The summed E-state index contributed by atoms with van der Waals surface area (Å²) in [6.45, 7) is 2.19. The number of carbonyl (C=O) groups excluding carboxylic acids is 1.